The van der Waals surface area contributed by atoms with Crippen molar-refractivity contribution in [2.75, 3.05) is 5.73 Å². The lowest BCUT2D eigenvalue weighted by atomic mass is 10.4. The molecule has 3 aromatic rings. The Morgan fingerprint density at radius 1 is 1.29 bits per heavy atom. The maximum atomic E-state index is 5.88. The van der Waals surface area contributed by atoms with Crippen molar-refractivity contribution >= 4 is 16.9 Å². The van der Waals surface area contributed by atoms with Crippen LogP contribution in [0.25, 0.3) is 16.9 Å². The Balaban J connectivity index is 2.34. The number of rotatable bonds is 1. The zero-order valence-electron chi connectivity index (χ0n) is 9.49. The fourth-order valence-corrected chi connectivity index (χ4v) is 1.81. The van der Waals surface area contributed by atoms with Crippen LogP contribution in [0.4, 0.5) is 5.82 Å². The molecule has 0 spiro atoms. The summed E-state index contributed by atoms with van der Waals surface area (Å²) >= 11 is 0. The average Bonchev–Trinajstić information content (AvgIpc) is 2.83. The standard InChI is InChI=1S/C10H11N7/c1-6-3-8(11)17(15-6)10-7-4-14-16(2)9(7)12-5-13-10/h3-5H,11H2,1-2H3. The van der Waals surface area contributed by atoms with Crippen molar-refractivity contribution in [3.05, 3.63) is 24.3 Å². The van der Waals surface area contributed by atoms with E-state index in [9.17, 15) is 0 Å². The van der Waals surface area contributed by atoms with Crippen LogP contribution in [-0.4, -0.2) is 29.5 Å². The van der Waals surface area contributed by atoms with Crippen molar-refractivity contribution in [3.63, 3.8) is 0 Å². The highest BCUT2D eigenvalue weighted by atomic mass is 15.4. The van der Waals surface area contributed by atoms with Gasteiger partial charge in [0.15, 0.2) is 11.5 Å². The summed E-state index contributed by atoms with van der Waals surface area (Å²) in [5, 5.41) is 9.28. The van der Waals surface area contributed by atoms with Gasteiger partial charge in [-0.05, 0) is 6.92 Å². The molecule has 0 aliphatic rings. The van der Waals surface area contributed by atoms with Gasteiger partial charge in [0.05, 0.1) is 17.3 Å². The van der Waals surface area contributed by atoms with Crippen molar-refractivity contribution in [3.8, 4) is 5.82 Å². The molecule has 3 aromatic heterocycles. The van der Waals surface area contributed by atoms with Crippen molar-refractivity contribution in [2.24, 2.45) is 7.05 Å². The Labute approximate surface area is 96.9 Å². The molecule has 0 atom stereocenters. The summed E-state index contributed by atoms with van der Waals surface area (Å²) < 4.78 is 3.29. The van der Waals surface area contributed by atoms with Gasteiger partial charge >= 0.3 is 0 Å². The molecule has 17 heavy (non-hydrogen) atoms. The van der Waals surface area contributed by atoms with Crippen molar-refractivity contribution in [1.82, 2.24) is 29.5 Å². The van der Waals surface area contributed by atoms with E-state index in [4.69, 9.17) is 5.73 Å². The van der Waals surface area contributed by atoms with Gasteiger partial charge in [0, 0.05) is 13.1 Å². The quantitative estimate of drug-likeness (QED) is 0.654. The number of nitrogens with zero attached hydrogens (tertiary/aromatic N) is 6. The van der Waals surface area contributed by atoms with Crippen LogP contribution in [-0.2, 0) is 7.05 Å². The molecule has 0 aromatic carbocycles. The van der Waals surface area contributed by atoms with E-state index in [0.29, 0.717) is 11.6 Å². The van der Waals surface area contributed by atoms with Crippen LogP contribution in [0, 0.1) is 6.92 Å². The first-order chi connectivity index (χ1) is 8.16. The summed E-state index contributed by atoms with van der Waals surface area (Å²) in [4.78, 5) is 8.39. The summed E-state index contributed by atoms with van der Waals surface area (Å²) in [5.41, 5.74) is 7.48. The van der Waals surface area contributed by atoms with E-state index >= 15 is 0 Å². The molecule has 0 radical (unpaired) electrons. The van der Waals surface area contributed by atoms with E-state index in [1.54, 1.807) is 21.6 Å². The first-order valence-corrected chi connectivity index (χ1v) is 5.12. The van der Waals surface area contributed by atoms with Crippen LogP contribution < -0.4 is 5.73 Å². The van der Waals surface area contributed by atoms with Gasteiger partial charge in [0.25, 0.3) is 0 Å². The van der Waals surface area contributed by atoms with E-state index in [-0.39, 0.29) is 0 Å². The SMILES string of the molecule is Cc1cc(N)n(-c2ncnc3c2cnn3C)n1. The van der Waals surface area contributed by atoms with Gasteiger partial charge < -0.3 is 5.73 Å². The van der Waals surface area contributed by atoms with Crippen molar-refractivity contribution in [2.45, 2.75) is 6.92 Å². The second-order valence-electron chi connectivity index (χ2n) is 3.83. The molecule has 0 bridgehead atoms. The second kappa shape index (κ2) is 3.27. The molecule has 0 aliphatic heterocycles. The lowest BCUT2D eigenvalue weighted by molar-refractivity contribution is 0.784. The Hall–Kier alpha value is -2.44. The molecule has 7 heteroatoms. The molecule has 0 unspecified atom stereocenters. The maximum absolute atomic E-state index is 5.88. The first-order valence-electron chi connectivity index (χ1n) is 5.12. The number of aromatic nitrogens is 6. The number of nitrogens with two attached hydrogens (primary N) is 1. The minimum atomic E-state index is 0.548. The zero-order valence-corrected chi connectivity index (χ0v) is 9.49. The summed E-state index contributed by atoms with van der Waals surface area (Å²) in [6.07, 6.45) is 3.19. The molecule has 7 nitrogen and oxygen atoms in total. The van der Waals surface area contributed by atoms with Crippen molar-refractivity contribution < 1.29 is 0 Å². The van der Waals surface area contributed by atoms with Gasteiger partial charge in [-0.25, -0.2) is 9.97 Å². The molecule has 0 amide bonds. The van der Waals surface area contributed by atoms with E-state index in [1.807, 2.05) is 14.0 Å². The van der Waals surface area contributed by atoms with Crippen LogP contribution in [0.15, 0.2) is 18.6 Å². The number of hydrogen-bond acceptors (Lipinski definition) is 5. The topological polar surface area (TPSA) is 87.4 Å². The van der Waals surface area contributed by atoms with E-state index in [0.717, 1.165) is 16.7 Å². The van der Waals surface area contributed by atoms with Crippen LogP contribution in [0.5, 0.6) is 0 Å². The maximum Gasteiger partial charge on any atom is 0.170 e. The van der Waals surface area contributed by atoms with Crippen molar-refractivity contribution in [1.29, 1.82) is 0 Å². The van der Waals surface area contributed by atoms with Gasteiger partial charge in [-0.2, -0.15) is 14.9 Å². The Kier molecular flexibility index (Phi) is 1.88. The lowest BCUT2D eigenvalue weighted by Gasteiger charge is -2.03. The molecular weight excluding hydrogens is 218 g/mol. The molecule has 0 fully saturated rings. The van der Waals surface area contributed by atoms with E-state index in [2.05, 4.69) is 20.2 Å². The average molecular weight is 229 g/mol. The largest absolute Gasteiger partial charge is 0.384 e. The fraction of sp³-hybridized carbons (Fsp3) is 0.200. The number of nitrogen functional groups attached to an aromatic ring is 1. The van der Waals surface area contributed by atoms with Crippen LogP contribution >= 0.6 is 0 Å². The van der Waals surface area contributed by atoms with E-state index in [1.165, 1.54) is 6.33 Å². The second-order valence-corrected chi connectivity index (χ2v) is 3.83. The summed E-state index contributed by atoms with van der Waals surface area (Å²) in [7, 11) is 1.83. The molecule has 2 N–H and O–H groups in total. The minimum absolute atomic E-state index is 0.548. The van der Waals surface area contributed by atoms with Gasteiger partial charge in [-0.3, -0.25) is 4.68 Å². The number of aryl methyl sites for hydroxylation is 2. The highest BCUT2D eigenvalue weighted by Gasteiger charge is 2.12. The minimum Gasteiger partial charge on any atom is -0.384 e. The van der Waals surface area contributed by atoms with Crippen LogP contribution in [0.3, 0.4) is 0 Å². The number of hydrogen-bond donors (Lipinski definition) is 1. The van der Waals surface area contributed by atoms with Crippen LogP contribution in [0.2, 0.25) is 0 Å². The van der Waals surface area contributed by atoms with Gasteiger partial charge in [-0.15, -0.1) is 0 Å². The van der Waals surface area contributed by atoms with Gasteiger partial charge in [0.1, 0.15) is 12.1 Å². The third kappa shape index (κ3) is 1.36. The van der Waals surface area contributed by atoms with E-state index < -0.39 is 0 Å². The normalized spacial score (nSPS) is 11.2. The summed E-state index contributed by atoms with van der Waals surface area (Å²) in [6.45, 7) is 1.88. The third-order valence-corrected chi connectivity index (χ3v) is 2.57. The smallest absolute Gasteiger partial charge is 0.170 e. The zero-order chi connectivity index (χ0) is 12.0. The van der Waals surface area contributed by atoms with Gasteiger partial charge in [-0.1, -0.05) is 0 Å². The molecule has 86 valence electrons. The predicted octanol–water partition coefficient (Wildman–Crippen LogP) is 0.440. The monoisotopic (exact) mass is 229 g/mol. The molecule has 0 aliphatic carbocycles. The fourth-order valence-electron chi connectivity index (χ4n) is 1.81. The molecule has 0 saturated heterocycles. The molecule has 3 rings (SSSR count). The molecule has 3 heterocycles. The van der Waals surface area contributed by atoms with Crippen LogP contribution in [0.1, 0.15) is 5.69 Å². The Morgan fingerprint density at radius 3 is 2.82 bits per heavy atom. The lowest BCUT2D eigenvalue weighted by Crippen LogP contribution is -2.05. The predicted molar refractivity (Wildman–Crippen MR) is 62.6 cm³/mol. The Morgan fingerprint density at radius 2 is 2.12 bits per heavy atom. The number of anilines is 1. The highest BCUT2D eigenvalue weighted by molar-refractivity contribution is 5.82. The third-order valence-electron chi connectivity index (χ3n) is 2.57. The van der Waals surface area contributed by atoms with Gasteiger partial charge in [0.2, 0.25) is 0 Å². The first kappa shape index (κ1) is 9.76. The molecular formula is C10H11N7. The Bertz CT molecular complexity index is 694. The molecule has 0 saturated carbocycles. The summed E-state index contributed by atoms with van der Waals surface area (Å²) in [5.74, 6) is 1.19. The summed E-state index contributed by atoms with van der Waals surface area (Å²) in [6, 6.07) is 1.80. The highest BCUT2D eigenvalue weighted by Crippen LogP contribution is 2.19. The number of fused-ring (bicyclic) bond motifs is 1.